The predicted octanol–water partition coefficient (Wildman–Crippen LogP) is 3.71. The Balaban J connectivity index is 2.95. The summed E-state index contributed by atoms with van der Waals surface area (Å²) >= 11 is 6.13. The molecule has 0 aliphatic heterocycles. The highest BCUT2D eigenvalue weighted by atomic mass is 35.5. The molecule has 0 fully saturated rings. The zero-order chi connectivity index (χ0) is 13.2. The fourth-order valence-corrected chi connectivity index (χ4v) is 1.83. The van der Waals surface area contributed by atoms with E-state index in [1.54, 1.807) is 0 Å². The molecule has 17 heavy (non-hydrogen) atoms. The third-order valence-electron chi connectivity index (χ3n) is 2.87. The second-order valence-corrected chi connectivity index (χ2v) is 5.96. The van der Waals surface area contributed by atoms with Crippen molar-refractivity contribution in [2.24, 2.45) is 11.1 Å². The Hall–Kier alpha value is -0.730. The quantitative estimate of drug-likeness (QED) is 0.894. The maximum Gasteiger partial charge on any atom is 0.120 e. The second-order valence-electron chi connectivity index (χ2n) is 5.58. The summed E-state index contributed by atoms with van der Waals surface area (Å²) in [5, 5.41) is 0.803. The van der Waals surface area contributed by atoms with Gasteiger partial charge in [-0.1, -0.05) is 32.4 Å². The van der Waals surface area contributed by atoms with E-state index in [9.17, 15) is 0 Å². The first kappa shape index (κ1) is 14.3. The second kappa shape index (κ2) is 5.28. The third-order valence-corrected chi connectivity index (χ3v) is 3.46. The lowest BCUT2D eigenvalue weighted by atomic mass is 9.89. The van der Waals surface area contributed by atoms with Crippen molar-refractivity contribution in [1.82, 2.24) is 0 Å². The van der Waals surface area contributed by atoms with Gasteiger partial charge in [-0.15, -0.1) is 0 Å². The smallest absolute Gasteiger partial charge is 0.120 e. The molecule has 0 saturated carbocycles. The summed E-state index contributed by atoms with van der Waals surface area (Å²) in [7, 11) is 0. The van der Waals surface area contributed by atoms with Crippen LogP contribution in [0.15, 0.2) is 12.1 Å². The molecule has 0 bridgehead atoms. The number of aryl methyl sites for hydroxylation is 2. The van der Waals surface area contributed by atoms with Gasteiger partial charge in [-0.25, -0.2) is 0 Å². The molecule has 0 aliphatic rings. The molecule has 0 heterocycles. The fourth-order valence-electron chi connectivity index (χ4n) is 1.72. The van der Waals surface area contributed by atoms with Crippen molar-refractivity contribution in [2.75, 3.05) is 6.54 Å². The topological polar surface area (TPSA) is 35.2 Å². The Bertz CT molecular complexity index is 373. The van der Waals surface area contributed by atoms with Crippen LogP contribution in [0.4, 0.5) is 0 Å². The lowest BCUT2D eigenvalue weighted by molar-refractivity contribution is 0.0941. The van der Waals surface area contributed by atoms with Crippen LogP contribution in [0, 0.1) is 19.3 Å². The molecule has 0 radical (unpaired) electrons. The lowest BCUT2D eigenvalue weighted by Gasteiger charge is -2.30. The van der Waals surface area contributed by atoms with Crippen molar-refractivity contribution in [3.8, 4) is 5.75 Å². The van der Waals surface area contributed by atoms with Crippen LogP contribution in [0.3, 0.4) is 0 Å². The molecule has 1 aromatic carbocycles. The van der Waals surface area contributed by atoms with Gasteiger partial charge in [0, 0.05) is 17.0 Å². The van der Waals surface area contributed by atoms with E-state index in [0.717, 1.165) is 21.9 Å². The highest BCUT2D eigenvalue weighted by Crippen LogP contribution is 2.29. The summed E-state index contributed by atoms with van der Waals surface area (Å²) < 4.78 is 5.96. The Morgan fingerprint density at radius 3 is 2.06 bits per heavy atom. The van der Waals surface area contributed by atoms with Gasteiger partial charge in [-0.05, 0) is 37.1 Å². The van der Waals surface area contributed by atoms with Gasteiger partial charge in [0.15, 0.2) is 0 Å². The summed E-state index contributed by atoms with van der Waals surface area (Å²) in [4.78, 5) is 0. The van der Waals surface area contributed by atoms with E-state index in [1.165, 1.54) is 0 Å². The number of benzene rings is 1. The van der Waals surface area contributed by atoms with E-state index < -0.39 is 0 Å². The number of hydrogen-bond acceptors (Lipinski definition) is 2. The minimum absolute atomic E-state index is 0.00229. The summed E-state index contributed by atoms with van der Waals surface area (Å²) in [6.45, 7) is 10.8. The number of hydrogen-bond donors (Lipinski definition) is 1. The first-order valence-corrected chi connectivity index (χ1v) is 6.27. The van der Waals surface area contributed by atoms with Gasteiger partial charge in [0.1, 0.15) is 11.9 Å². The Morgan fingerprint density at radius 2 is 1.71 bits per heavy atom. The maximum atomic E-state index is 6.13. The summed E-state index contributed by atoms with van der Waals surface area (Å²) in [6.07, 6.45) is 0.00229. The molecule has 0 amide bonds. The molecular formula is C14H22ClNO. The summed E-state index contributed by atoms with van der Waals surface area (Å²) in [5.41, 5.74) is 7.85. The van der Waals surface area contributed by atoms with Gasteiger partial charge in [-0.3, -0.25) is 0 Å². The highest BCUT2D eigenvalue weighted by molar-refractivity contribution is 6.32. The zero-order valence-electron chi connectivity index (χ0n) is 11.3. The van der Waals surface area contributed by atoms with Crippen LogP contribution >= 0.6 is 11.6 Å². The molecule has 2 N–H and O–H groups in total. The Labute approximate surface area is 109 Å². The SMILES string of the molecule is Cc1cc(OC(CN)C(C)(C)C)cc(C)c1Cl. The lowest BCUT2D eigenvalue weighted by Crippen LogP contribution is -2.38. The average molecular weight is 256 g/mol. The van der Waals surface area contributed by atoms with Crippen molar-refractivity contribution < 1.29 is 4.74 Å². The molecule has 0 spiro atoms. The predicted molar refractivity (Wildman–Crippen MR) is 73.9 cm³/mol. The van der Waals surface area contributed by atoms with Crippen molar-refractivity contribution in [2.45, 2.75) is 40.7 Å². The minimum atomic E-state index is 0.00229. The molecule has 0 aliphatic carbocycles. The van der Waals surface area contributed by atoms with E-state index in [1.807, 2.05) is 26.0 Å². The van der Waals surface area contributed by atoms with Crippen molar-refractivity contribution >= 4 is 11.6 Å². The normalized spacial score (nSPS) is 13.6. The standard InChI is InChI=1S/C14H22ClNO/c1-9-6-11(7-10(2)13(9)15)17-12(8-16)14(3,4)5/h6-7,12H,8,16H2,1-5H3. The molecule has 1 atom stereocenters. The van der Waals surface area contributed by atoms with Crippen LogP contribution in [0.5, 0.6) is 5.75 Å². The van der Waals surface area contributed by atoms with Gasteiger partial charge in [0.05, 0.1) is 0 Å². The fraction of sp³-hybridized carbons (Fsp3) is 0.571. The van der Waals surface area contributed by atoms with E-state index in [0.29, 0.717) is 6.54 Å². The molecule has 0 aromatic heterocycles. The number of halogens is 1. The largest absolute Gasteiger partial charge is 0.489 e. The van der Waals surface area contributed by atoms with E-state index in [2.05, 4.69) is 20.8 Å². The zero-order valence-corrected chi connectivity index (χ0v) is 12.1. The van der Waals surface area contributed by atoms with Gasteiger partial charge in [0.2, 0.25) is 0 Å². The van der Waals surface area contributed by atoms with Crippen molar-refractivity contribution in [1.29, 1.82) is 0 Å². The summed E-state index contributed by atoms with van der Waals surface area (Å²) in [5.74, 6) is 0.842. The van der Waals surface area contributed by atoms with E-state index >= 15 is 0 Å². The molecule has 1 aromatic rings. The Morgan fingerprint density at radius 1 is 1.24 bits per heavy atom. The van der Waals surface area contributed by atoms with Gasteiger partial charge in [0.25, 0.3) is 0 Å². The van der Waals surface area contributed by atoms with Crippen LogP contribution in [0.2, 0.25) is 5.02 Å². The van der Waals surface area contributed by atoms with E-state index in [4.69, 9.17) is 22.1 Å². The average Bonchev–Trinajstić information content (AvgIpc) is 2.20. The monoisotopic (exact) mass is 255 g/mol. The molecule has 0 saturated heterocycles. The molecule has 96 valence electrons. The molecule has 3 heteroatoms. The number of rotatable bonds is 3. The van der Waals surface area contributed by atoms with Crippen molar-refractivity contribution in [3.05, 3.63) is 28.3 Å². The Kier molecular flexibility index (Phi) is 4.45. The molecule has 1 unspecified atom stereocenters. The summed E-state index contributed by atoms with van der Waals surface area (Å²) in [6, 6.07) is 3.92. The maximum absolute atomic E-state index is 6.13. The van der Waals surface area contributed by atoms with Crippen LogP contribution in [0.1, 0.15) is 31.9 Å². The van der Waals surface area contributed by atoms with Crippen molar-refractivity contribution in [3.63, 3.8) is 0 Å². The van der Waals surface area contributed by atoms with Crippen LogP contribution in [0.25, 0.3) is 0 Å². The molecular weight excluding hydrogens is 234 g/mol. The van der Waals surface area contributed by atoms with Gasteiger partial charge >= 0.3 is 0 Å². The van der Waals surface area contributed by atoms with Gasteiger partial charge < -0.3 is 10.5 Å². The van der Waals surface area contributed by atoms with Gasteiger partial charge in [-0.2, -0.15) is 0 Å². The molecule has 2 nitrogen and oxygen atoms in total. The van der Waals surface area contributed by atoms with Crippen LogP contribution < -0.4 is 10.5 Å². The third kappa shape index (κ3) is 3.62. The number of nitrogens with two attached hydrogens (primary N) is 1. The first-order valence-electron chi connectivity index (χ1n) is 5.89. The minimum Gasteiger partial charge on any atom is -0.489 e. The highest BCUT2D eigenvalue weighted by Gasteiger charge is 2.25. The van der Waals surface area contributed by atoms with Crippen LogP contribution in [-0.4, -0.2) is 12.6 Å². The molecule has 1 rings (SSSR count). The van der Waals surface area contributed by atoms with E-state index in [-0.39, 0.29) is 11.5 Å². The first-order chi connectivity index (χ1) is 7.75. The number of ether oxygens (including phenoxy) is 1. The van der Waals surface area contributed by atoms with Crippen LogP contribution in [-0.2, 0) is 0 Å².